The lowest BCUT2D eigenvalue weighted by Crippen LogP contribution is -2.45. The number of piperidine rings is 1. The van der Waals surface area contributed by atoms with E-state index in [0.29, 0.717) is 5.56 Å². The number of aliphatic hydroxyl groups is 1. The summed E-state index contributed by atoms with van der Waals surface area (Å²) in [7, 11) is 1.14. The van der Waals surface area contributed by atoms with Crippen molar-refractivity contribution in [2.75, 3.05) is 7.05 Å². The number of aliphatic hydroxyl groups excluding tert-OH is 1. The van der Waals surface area contributed by atoms with Crippen LogP contribution >= 0.6 is 0 Å². The average molecular weight is 346 g/mol. The van der Waals surface area contributed by atoms with Crippen molar-refractivity contribution in [2.45, 2.75) is 50.1 Å². The van der Waals surface area contributed by atoms with Crippen molar-refractivity contribution in [3.63, 3.8) is 0 Å². The Balaban J connectivity index is 2.09. The number of rotatable bonds is 6. The summed E-state index contributed by atoms with van der Waals surface area (Å²) in [5.41, 5.74) is 0.570. The van der Waals surface area contributed by atoms with E-state index in [4.69, 9.17) is 11.0 Å². The zero-order valence-corrected chi connectivity index (χ0v) is 14.1. The van der Waals surface area contributed by atoms with Crippen LogP contribution in [0.25, 0.3) is 0 Å². The molecule has 132 valence electrons. The summed E-state index contributed by atoms with van der Waals surface area (Å²) in [5.74, 6) is -0.634. The van der Waals surface area contributed by atoms with E-state index in [2.05, 4.69) is 0 Å². The van der Waals surface area contributed by atoms with Crippen LogP contribution in [-0.4, -0.2) is 34.9 Å². The van der Waals surface area contributed by atoms with Crippen molar-refractivity contribution in [3.05, 3.63) is 71.8 Å². The molecule has 0 bridgehead atoms. The number of ketones is 1. The molecule has 0 aromatic heterocycles. The van der Waals surface area contributed by atoms with Crippen molar-refractivity contribution in [1.82, 2.24) is 4.90 Å². The van der Waals surface area contributed by atoms with E-state index in [1.54, 1.807) is 48.5 Å². The molecule has 1 N–H and O–H groups in total. The SMILES string of the molecule is [2H]C1([2H])C([2H])([2H])[C@@]([2H])(C[C@@H](O)c2ccccc2)N(C)[C@@]([2H])(CC(=O)c2ccccc2)C1([2H])[2H]. The normalized spacial score (nSPS) is 39.1. The van der Waals surface area contributed by atoms with Gasteiger partial charge in [0.05, 0.1) is 6.10 Å². The minimum absolute atomic E-state index is 0.197. The molecule has 3 atom stereocenters. The Kier molecular flexibility index (Phi) is 3.45. The van der Waals surface area contributed by atoms with Crippen LogP contribution < -0.4 is 0 Å². The van der Waals surface area contributed by atoms with Crippen molar-refractivity contribution in [3.8, 4) is 0 Å². The van der Waals surface area contributed by atoms with Gasteiger partial charge in [0, 0.05) is 35.0 Å². The van der Waals surface area contributed by atoms with Crippen molar-refractivity contribution in [2.24, 2.45) is 0 Å². The highest BCUT2D eigenvalue weighted by atomic mass is 16.3. The summed E-state index contributed by atoms with van der Waals surface area (Å²) in [6, 6.07) is 10.8. The summed E-state index contributed by atoms with van der Waals surface area (Å²) in [5, 5.41) is 10.8. The van der Waals surface area contributed by atoms with Gasteiger partial charge in [0.25, 0.3) is 0 Å². The summed E-state index contributed by atoms with van der Waals surface area (Å²) in [4.78, 5) is 13.7. The van der Waals surface area contributed by atoms with Gasteiger partial charge in [-0.15, -0.1) is 0 Å². The second kappa shape index (κ2) is 8.41. The van der Waals surface area contributed by atoms with Crippen molar-refractivity contribution >= 4 is 5.78 Å². The number of hydrogen-bond acceptors (Lipinski definition) is 3. The van der Waals surface area contributed by atoms with Crippen molar-refractivity contribution < 1.29 is 20.9 Å². The van der Waals surface area contributed by atoms with Gasteiger partial charge in [0.15, 0.2) is 5.78 Å². The van der Waals surface area contributed by atoms with E-state index in [-0.39, 0.29) is 5.56 Å². The number of benzene rings is 2. The fraction of sp³-hybridized carbons (Fsp3) is 0.409. The summed E-state index contributed by atoms with van der Waals surface area (Å²) < 4.78 is 68.7. The molecule has 0 unspecified atom stereocenters. The minimum Gasteiger partial charge on any atom is -0.388 e. The molecule has 25 heavy (non-hydrogen) atoms. The minimum atomic E-state index is -3.33. The molecule has 1 saturated heterocycles. The topological polar surface area (TPSA) is 40.5 Å². The highest BCUT2D eigenvalue weighted by molar-refractivity contribution is 5.96. The summed E-state index contributed by atoms with van der Waals surface area (Å²) in [6.07, 6.45) is -12.5. The Morgan fingerprint density at radius 2 is 1.76 bits per heavy atom. The van der Waals surface area contributed by atoms with Crippen LogP contribution in [0.3, 0.4) is 0 Å². The maximum atomic E-state index is 12.9. The summed E-state index contributed by atoms with van der Waals surface area (Å²) >= 11 is 0. The molecule has 1 aliphatic heterocycles. The molecule has 1 fully saturated rings. The molecule has 2 aromatic carbocycles. The van der Waals surface area contributed by atoms with E-state index in [1.165, 1.54) is 12.1 Å². The first-order chi connectivity index (χ1) is 15.1. The van der Waals surface area contributed by atoms with Gasteiger partial charge in [-0.3, -0.25) is 9.69 Å². The fourth-order valence-corrected chi connectivity index (χ4v) is 2.71. The van der Waals surface area contributed by atoms with Gasteiger partial charge in [-0.05, 0) is 31.8 Å². The third kappa shape index (κ3) is 4.56. The fourth-order valence-electron chi connectivity index (χ4n) is 2.71. The Hall–Kier alpha value is -1.97. The average Bonchev–Trinajstić information content (AvgIpc) is 2.78. The van der Waals surface area contributed by atoms with Crippen LogP contribution in [-0.2, 0) is 0 Å². The number of hydrogen-bond donors (Lipinski definition) is 1. The first-order valence-electron chi connectivity index (χ1n) is 12.2. The van der Waals surface area contributed by atoms with Gasteiger partial charge in [-0.25, -0.2) is 0 Å². The van der Waals surface area contributed by atoms with E-state index in [0.717, 1.165) is 11.9 Å². The standard InChI is InChI=1S/C22H27NO2/c1-23-19(15-21(24)17-9-4-2-5-10-17)13-8-14-20(23)16-22(25)18-11-6-3-7-12-18/h2-7,9-12,19-21,24H,8,13-16H2,1H3/t19-,20+,21+/m0/s1/i8D2,13D2,14D2,19D,20D. The third-order valence-electron chi connectivity index (χ3n) is 4.22. The third-order valence-corrected chi connectivity index (χ3v) is 4.22. The van der Waals surface area contributed by atoms with Crippen LogP contribution in [0.5, 0.6) is 0 Å². The molecule has 1 aliphatic rings. The molecule has 1 heterocycles. The predicted molar refractivity (Wildman–Crippen MR) is 101 cm³/mol. The first-order valence-corrected chi connectivity index (χ1v) is 8.19. The smallest absolute Gasteiger partial charge is 0.164 e. The van der Waals surface area contributed by atoms with Crippen LogP contribution in [0.1, 0.15) is 65.0 Å². The van der Waals surface area contributed by atoms with E-state index >= 15 is 0 Å². The highest BCUT2D eigenvalue weighted by Crippen LogP contribution is 2.30. The number of Topliss-reactive ketones (excluding diaryl/α,β-unsaturated/α-hetero) is 1. The van der Waals surface area contributed by atoms with Gasteiger partial charge < -0.3 is 5.11 Å². The highest BCUT2D eigenvalue weighted by Gasteiger charge is 2.30. The summed E-state index contributed by atoms with van der Waals surface area (Å²) in [6.45, 7) is 0. The Morgan fingerprint density at radius 1 is 1.16 bits per heavy atom. The molecule has 3 nitrogen and oxygen atoms in total. The van der Waals surface area contributed by atoms with Crippen LogP contribution in [0.2, 0.25) is 0 Å². The van der Waals surface area contributed by atoms with E-state index in [9.17, 15) is 9.90 Å². The molecule has 0 aliphatic carbocycles. The number of carbonyl (C=O) groups excluding carboxylic acids is 1. The molecule has 3 rings (SSSR count). The predicted octanol–water partition coefficient (Wildman–Crippen LogP) is 4.24. The molecule has 0 saturated carbocycles. The quantitative estimate of drug-likeness (QED) is 0.796. The van der Waals surface area contributed by atoms with E-state index in [1.807, 2.05) is 0 Å². The molecule has 0 amide bonds. The van der Waals surface area contributed by atoms with Crippen LogP contribution in [0, 0.1) is 0 Å². The van der Waals surface area contributed by atoms with Gasteiger partial charge in [-0.1, -0.05) is 67.0 Å². The monoisotopic (exact) mass is 345 g/mol. The zero-order valence-electron chi connectivity index (χ0n) is 22.1. The van der Waals surface area contributed by atoms with Gasteiger partial charge in [-0.2, -0.15) is 0 Å². The lowest BCUT2D eigenvalue weighted by molar-refractivity contribution is 0.0549. The maximum absolute atomic E-state index is 12.9. The van der Waals surface area contributed by atoms with Gasteiger partial charge >= 0.3 is 0 Å². The Bertz CT molecular complexity index is 1000. The molecule has 2 aromatic rings. The van der Waals surface area contributed by atoms with Crippen molar-refractivity contribution in [1.29, 1.82) is 0 Å². The Morgan fingerprint density at radius 3 is 2.44 bits per heavy atom. The lowest BCUT2D eigenvalue weighted by Gasteiger charge is -2.40. The number of nitrogens with zero attached hydrogens (tertiary/aromatic N) is 1. The maximum Gasteiger partial charge on any atom is 0.164 e. The first kappa shape index (κ1) is 10.2. The lowest BCUT2D eigenvalue weighted by atomic mass is 9.88. The zero-order chi connectivity index (χ0) is 24.9. The van der Waals surface area contributed by atoms with E-state index < -0.39 is 55.9 Å². The second-order valence-electron chi connectivity index (χ2n) is 5.92. The number of likely N-dealkylation sites (tertiary alicyclic amines) is 1. The molecule has 0 spiro atoms. The second-order valence-corrected chi connectivity index (χ2v) is 5.92. The molecule has 0 radical (unpaired) electrons. The molecule has 3 heteroatoms. The van der Waals surface area contributed by atoms with Crippen LogP contribution in [0.4, 0.5) is 0 Å². The van der Waals surface area contributed by atoms with Gasteiger partial charge in [0.1, 0.15) is 0 Å². The van der Waals surface area contributed by atoms with Gasteiger partial charge in [0.2, 0.25) is 0 Å². The Labute approximate surface area is 161 Å². The largest absolute Gasteiger partial charge is 0.388 e. The van der Waals surface area contributed by atoms with Crippen LogP contribution in [0.15, 0.2) is 60.7 Å². The number of carbonyl (C=O) groups is 1. The molecular weight excluding hydrogens is 310 g/mol. The molecular formula is C22H27NO2.